The summed E-state index contributed by atoms with van der Waals surface area (Å²) in [5, 5.41) is 6.97. The number of amides is 2. The fourth-order valence-corrected chi connectivity index (χ4v) is 2.60. The van der Waals surface area contributed by atoms with E-state index in [4.69, 9.17) is 16.1 Å². The molecule has 120 valence electrons. The molecule has 3 rings (SSSR count). The molecule has 1 N–H and O–H groups in total. The molecule has 1 aliphatic rings. The average Bonchev–Trinajstić information content (AvgIpc) is 3.12. The van der Waals surface area contributed by atoms with Crippen LogP contribution in [0, 0.1) is 12.8 Å². The normalized spacial score (nSPS) is 17.6. The number of anilines is 1. The van der Waals surface area contributed by atoms with Gasteiger partial charge >= 0.3 is 0 Å². The van der Waals surface area contributed by atoms with Gasteiger partial charge in [0.05, 0.1) is 12.5 Å². The van der Waals surface area contributed by atoms with Gasteiger partial charge in [0.2, 0.25) is 17.7 Å². The number of nitrogens with one attached hydrogen (secondary N) is 1. The van der Waals surface area contributed by atoms with Gasteiger partial charge in [0.1, 0.15) is 0 Å². The maximum atomic E-state index is 12.2. The molecule has 0 saturated carbocycles. The van der Waals surface area contributed by atoms with Crippen molar-refractivity contribution in [1.82, 2.24) is 15.5 Å². The number of hydrogen-bond acceptors (Lipinski definition) is 5. The van der Waals surface area contributed by atoms with Gasteiger partial charge in [-0.25, -0.2) is 0 Å². The molecule has 1 aromatic carbocycles. The quantitative estimate of drug-likeness (QED) is 0.919. The Hall–Kier alpha value is -2.41. The summed E-state index contributed by atoms with van der Waals surface area (Å²) in [6, 6.07) is 6.97. The number of aryl methyl sites for hydroxylation is 1. The van der Waals surface area contributed by atoms with Crippen LogP contribution in [0.2, 0.25) is 5.02 Å². The molecule has 1 atom stereocenters. The van der Waals surface area contributed by atoms with Crippen LogP contribution >= 0.6 is 11.6 Å². The molecule has 1 aromatic heterocycles. The van der Waals surface area contributed by atoms with Crippen LogP contribution < -0.4 is 10.2 Å². The second kappa shape index (κ2) is 6.37. The van der Waals surface area contributed by atoms with Crippen molar-refractivity contribution in [2.24, 2.45) is 5.92 Å². The second-order valence-electron chi connectivity index (χ2n) is 5.33. The first kappa shape index (κ1) is 15.5. The van der Waals surface area contributed by atoms with Gasteiger partial charge in [0.15, 0.2) is 5.82 Å². The van der Waals surface area contributed by atoms with Crippen molar-refractivity contribution in [3.63, 3.8) is 0 Å². The predicted molar refractivity (Wildman–Crippen MR) is 82.8 cm³/mol. The highest BCUT2D eigenvalue weighted by Crippen LogP contribution is 2.26. The lowest BCUT2D eigenvalue weighted by molar-refractivity contribution is -0.126. The molecule has 0 spiro atoms. The van der Waals surface area contributed by atoms with E-state index in [-0.39, 0.29) is 24.8 Å². The van der Waals surface area contributed by atoms with E-state index in [2.05, 4.69) is 15.5 Å². The molecular formula is C15H15ClN4O3. The Bertz CT molecular complexity index is 729. The molecular weight excluding hydrogens is 320 g/mol. The van der Waals surface area contributed by atoms with Crippen molar-refractivity contribution in [2.75, 3.05) is 11.4 Å². The van der Waals surface area contributed by atoms with Crippen LogP contribution in [0.5, 0.6) is 0 Å². The number of halogens is 1. The van der Waals surface area contributed by atoms with E-state index in [0.717, 1.165) is 5.69 Å². The summed E-state index contributed by atoms with van der Waals surface area (Å²) < 4.78 is 4.93. The first-order valence-electron chi connectivity index (χ1n) is 7.16. The predicted octanol–water partition coefficient (Wildman–Crippen LogP) is 1.70. The highest BCUT2D eigenvalue weighted by Gasteiger charge is 2.35. The highest BCUT2D eigenvalue weighted by atomic mass is 35.5. The Balaban J connectivity index is 1.60. The maximum absolute atomic E-state index is 12.2. The van der Waals surface area contributed by atoms with E-state index < -0.39 is 5.92 Å². The molecule has 1 saturated heterocycles. The molecule has 8 heteroatoms. The number of nitrogens with zero attached hydrogens (tertiary/aromatic N) is 3. The Kier molecular flexibility index (Phi) is 4.29. The zero-order chi connectivity index (χ0) is 16.4. The van der Waals surface area contributed by atoms with Gasteiger partial charge in [0.25, 0.3) is 0 Å². The molecule has 7 nitrogen and oxygen atoms in total. The average molecular weight is 335 g/mol. The third-order valence-electron chi connectivity index (χ3n) is 3.62. The summed E-state index contributed by atoms with van der Waals surface area (Å²) in [5.74, 6) is 0.169. The van der Waals surface area contributed by atoms with Crippen LogP contribution in [0.4, 0.5) is 5.69 Å². The molecule has 0 unspecified atom stereocenters. The highest BCUT2D eigenvalue weighted by molar-refractivity contribution is 6.30. The van der Waals surface area contributed by atoms with Crippen LogP contribution in [0.15, 0.2) is 28.8 Å². The number of benzene rings is 1. The summed E-state index contributed by atoms with van der Waals surface area (Å²) in [6.07, 6.45) is 0.178. The van der Waals surface area contributed by atoms with Crippen molar-refractivity contribution in [2.45, 2.75) is 19.9 Å². The van der Waals surface area contributed by atoms with Gasteiger partial charge in [0, 0.05) is 23.7 Å². The number of aromatic nitrogens is 2. The number of hydrogen-bond donors (Lipinski definition) is 1. The zero-order valence-electron chi connectivity index (χ0n) is 12.5. The molecule has 0 aliphatic carbocycles. The third kappa shape index (κ3) is 3.50. The lowest BCUT2D eigenvalue weighted by Gasteiger charge is -2.16. The Morgan fingerprint density at radius 2 is 2.17 bits per heavy atom. The van der Waals surface area contributed by atoms with E-state index >= 15 is 0 Å². The van der Waals surface area contributed by atoms with Crippen molar-refractivity contribution in [3.8, 4) is 0 Å². The van der Waals surface area contributed by atoms with Gasteiger partial charge in [-0.2, -0.15) is 4.98 Å². The lowest BCUT2D eigenvalue weighted by atomic mass is 10.1. The van der Waals surface area contributed by atoms with E-state index in [0.29, 0.717) is 23.3 Å². The summed E-state index contributed by atoms with van der Waals surface area (Å²) in [6.45, 7) is 2.20. The molecule has 1 fully saturated rings. The summed E-state index contributed by atoms with van der Waals surface area (Å²) >= 11 is 5.85. The molecule has 0 bridgehead atoms. The minimum absolute atomic E-state index is 0.0823. The van der Waals surface area contributed by atoms with Crippen molar-refractivity contribution < 1.29 is 14.1 Å². The van der Waals surface area contributed by atoms with E-state index in [9.17, 15) is 9.59 Å². The molecule has 1 aliphatic heterocycles. The van der Waals surface area contributed by atoms with Gasteiger partial charge in [-0.3, -0.25) is 9.59 Å². The Morgan fingerprint density at radius 3 is 2.83 bits per heavy atom. The monoisotopic (exact) mass is 334 g/mol. The minimum Gasteiger partial charge on any atom is -0.347 e. The van der Waals surface area contributed by atoms with Crippen LogP contribution in [0.25, 0.3) is 0 Å². The van der Waals surface area contributed by atoms with Gasteiger partial charge in [-0.1, -0.05) is 16.8 Å². The van der Waals surface area contributed by atoms with Crippen LogP contribution in [-0.2, 0) is 16.1 Å². The zero-order valence-corrected chi connectivity index (χ0v) is 13.2. The molecule has 23 heavy (non-hydrogen) atoms. The molecule has 2 heterocycles. The lowest BCUT2D eigenvalue weighted by Crippen LogP contribution is -2.32. The first-order chi connectivity index (χ1) is 11.0. The van der Waals surface area contributed by atoms with Crippen molar-refractivity contribution in [3.05, 3.63) is 41.0 Å². The van der Waals surface area contributed by atoms with Crippen molar-refractivity contribution >= 4 is 29.1 Å². The minimum atomic E-state index is -0.401. The van der Waals surface area contributed by atoms with Gasteiger partial charge < -0.3 is 14.7 Å². The summed E-state index contributed by atoms with van der Waals surface area (Å²) in [4.78, 5) is 29.9. The summed E-state index contributed by atoms with van der Waals surface area (Å²) in [5.41, 5.74) is 0.738. The van der Waals surface area contributed by atoms with E-state index in [1.807, 2.05) is 0 Å². The van der Waals surface area contributed by atoms with Crippen LogP contribution in [0.3, 0.4) is 0 Å². The first-order valence-corrected chi connectivity index (χ1v) is 7.53. The van der Waals surface area contributed by atoms with Crippen LogP contribution in [0.1, 0.15) is 18.1 Å². The number of carbonyl (C=O) groups excluding carboxylic acids is 2. The second-order valence-corrected chi connectivity index (χ2v) is 5.77. The summed E-state index contributed by atoms with van der Waals surface area (Å²) in [7, 11) is 0. The van der Waals surface area contributed by atoms with Gasteiger partial charge in [-0.15, -0.1) is 0 Å². The largest absolute Gasteiger partial charge is 0.347 e. The van der Waals surface area contributed by atoms with E-state index in [1.165, 1.54) is 0 Å². The smallest absolute Gasteiger partial charge is 0.246 e. The molecule has 0 radical (unpaired) electrons. The van der Waals surface area contributed by atoms with Crippen LogP contribution in [-0.4, -0.2) is 28.5 Å². The fraction of sp³-hybridized carbons (Fsp3) is 0.333. The standard InChI is InChI=1S/C15H15ClN4O3/c1-9-18-13(23-19-9)7-17-15(22)10-6-14(21)20(8-10)12-4-2-11(16)3-5-12/h2-5,10H,6-8H2,1H3,(H,17,22)/t10-/m0/s1. The van der Waals surface area contributed by atoms with Gasteiger partial charge in [-0.05, 0) is 31.2 Å². The van der Waals surface area contributed by atoms with E-state index in [1.54, 1.807) is 36.1 Å². The third-order valence-corrected chi connectivity index (χ3v) is 3.87. The molecule has 2 aromatic rings. The topological polar surface area (TPSA) is 88.3 Å². The Labute approximate surface area is 137 Å². The number of carbonyl (C=O) groups is 2. The fourth-order valence-electron chi connectivity index (χ4n) is 2.47. The SMILES string of the molecule is Cc1noc(CNC(=O)[C@H]2CC(=O)N(c3ccc(Cl)cc3)C2)n1. The Morgan fingerprint density at radius 1 is 1.43 bits per heavy atom. The molecule has 2 amide bonds. The van der Waals surface area contributed by atoms with Crippen molar-refractivity contribution in [1.29, 1.82) is 0 Å². The maximum Gasteiger partial charge on any atom is 0.246 e. The number of rotatable bonds is 4.